The zero-order valence-electron chi connectivity index (χ0n) is 9.11. The van der Waals surface area contributed by atoms with Gasteiger partial charge in [0.2, 0.25) is 0 Å². The maximum absolute atomic E-state index is 9.02. The lowest BCUT2D eigenvalue weighted by molar-refractivity contribution is 0.824. The third kappa shape index (κ3) is 1.58. The highest BCUT2D eigenvalue weighted by atomic mass is 15.3. The van der Waals surface area contributed by atoms with Crippen LogP contribution in [0.5, 0.6) is 0 Å². The topological polar surface area (TPSA) is 46.0 Å². The minimum Gasteiger partial charge on any atom is -0.326 e. The Balaban J connectivity index is 2.07. The van der Waals surface area contributed by atoms with E-state index in [2.05, 4.69) is 23.3 Å². The van der Waals surface area contributed by atoms with Crippen molar-refractivity contribution in [3.05, 3.63) is 60.0 Å². The molecular weight excluding hydrogens is 212 g/mol. The number of hydrogen-bond donors (Lipinski definition) is 0. The van der Waals surface area contributed by atoms with E-state index < -0.39 is 0 Å². The summed E-state index contributed by atoms with van der Waals surface area (Å²) in [6.07, 6.45) is 5.39. The number of nitrogens with zero attached hydrogens (tertiary/aromatic N) is 4. The van der Waals surface area contributed by atoms with Crippen molar-refractivity contribution in [3.63, 3.8) is 0 Å². The Labute approximate surface area is 98.3 Å². The number of benzene rings is 1. The predicted octanol–water partition coefficient (Wildman–Crippen LogP) is 2.06. The van der Waals surface area contributed by atoms with Gasteiger partial charge in [-0.15, -0.1) is 0 Å². The summed E-state index contributed by atoms with van der Waals surface area (Å²) in [6.45, 7) is 0.748. The quantitative estimate of drug-likeness (QED) is 0.666. The average molecular weight is 222 g/mol. The first kappa shape index (κ1) is 9.67. The molecule has 0 saturated heterocycles. The fourth-order valence-electron chi connectivity index (χ4n) is 1.95. The van der Waals surface area contributed by atoms with Gasteiger partial charge in [0.05, 0.1) is 6.20 Å². The van der Waals surface area contributed by atoms with Gasteiger partial charge in [0.15, 0.2) is 5.65 Å². The van der Waals surface area contributed by atoms with Gasteiger partial charge in [0.1, 0.15) is 11.6 Å². The van der Waals surface area contributed by atoms with Crippen LogP contribution in [-0.2, 0) is 6.54 Å². The summed E-state index contributed by atoms with van der Waals surface area (Å²) in [5.74, 6) is 0. The monoisotopic (exact) mass is 222 g/mol. The third-order valence-electron chi connectivity index (χ3n) is 2.75. The highest BCUT2D eigenvalue weighted by molar-refractivity contribution is 5.55. The second-order valence-corrected chi connectivity index (χ2v) is 3.85. The van der Waals surface area contributed by atoms with E-state index >= 15 is 0 Å². The summed E-state index contributed by atoms with van der Waals surface area (Å²) in [5.41, 5.74) is 2.65. The first-order valence-electron chi connectivity index (χ1n) is 5.35. The Bertz CT molecular complexity index is 685. The van der Waals surface area contributed by atoms with Crippen LogP contribution in [0.15, 0.2) is 48.9 Å². The molecule has 17 heavy (non-hydrogen) atoms. The van der Waals surface area contributed by atoms with Gasteiger partial charge in [-0.1, -0.05) is 30.3 Å². The van der Waals surface area contributed by atoms with Gasteiger partial charge >= 0.3 is 0 Å². The molecule has 0 spiro atoms. The summed E-state index contributed by atoms with van der Waals surface area (Å²) in [7, 11) is 0. The molecule has 0 aliphatic heterocycles. The van der Waals surface area contributed by atoms with E-state index in [1.54, 1.807) is 10.7 Å². The van der Waals surface area contributed by atoms with E-state index in [9.17, 15) is 0 Å². The Morgan fingerprint density at radius 1 is 1.18 bits per heavy atom. The maximum Gasteiger partial charge on any atom is 0.154 e. The largest absolute Gasteiger partial charge is 0.326 e. The fourth-order valence-corrected chi connectivity index (χ4v) is 1.95. The van der Waals surface area contributed by atoms with Crippen molar-refractivity contribution in [3.8, 4) is 6.07 Å². The number of rotatable bonds is 2. The molecule has 1 aromatic carbocycles. The van der Waals surface area contributed by atoms with Gasteiger partial charge in [-0.3, -0.25) is 0 Å². The minimum absolute atomic E-state index is 0.603. The molecular formula is C13H10N4. The summed E-state index contributed by atoms with van der Waals surface area (Å²) >= 11 is 0. The molecule has 3 rings (SSSR count). The lowest BCUT2D eigenvalue weighted by atomic mass is 10.2. The van der Waals surface area contributed by atoms with Crippen molar-refractivity contribution in [2.24, 2.45) is 0 Å². The summed E-state index contributed by atoms with van der Waals surface area (Å²) in [5, 5.41) is 13.1. The Hall–Kier alpha value is -2.54. The lowest BCUT2D eigenvalue weighted by Crippen LogP contribution is -1.98. The molecule has 0 radical (unpaired) electrons. The Morgan fingerprint density at radius 2 is 2.00 bits per heavy atom. The van der Waals surface area contributed by atoms with Crippen LogP contribution >= 0.6 is 0 Å². The molecule has 0 aliphatic carbocycles. The normalized spacial score (nSPS) is 10.5. The molecule has 4 heteroatoms. The first-order chi connectivity index (χ1) is 8.38. The number of aromatic nitrogens is 3. The second-order valence-electron chi connectivity index (χ2n) is 3.85. The van der Waals surface area contributed by atoms with E-state index in [4.69, 9.17) is 5.26 Å². The highest BCUT2D eigenvalue weighted by Gasteiger charge is 2.08. The zero-order valence-corrected chi connectivity index (χ0v) is 9.11. The lowest BCUT2D eigenvalue weighted by Gasteiger charge is -2.03. The van der Waals surface area contributed by atoms with Crippen LogP contribution in [0.25, 0.3) is 5.65 Å². The van der Waals surface area contributed by atoms with Crippen LogP contribution in [0, 0.1) is 11.3 Å². The number of fused-ring (bicyclic) bond motifs is 1. The van der Waals surface area contributed by atoms with Crippen LogP contribution < -0.4 is 0 Å². The molecule has 0 saturated carbocycles. The van der Waals surface area contributed by atoms with Crippen molar-refractivity contribution < 1.29 is 0 Å². The van der Waals surface area contributed by atoms with Crippen LogP contribution in [0.3, 0.4) is 0 Å². The van der Waals surface area contributed by atoms with Gasteiger partial charge < -0.3 is 4.57 Å². The molecule has 0 N–H and O–H groups in total. The van der Waals surface area contributed by atoms with Gasteiger partial charge in [0.25, 0.3) is 0 Å². The molecule has 0 amide bonds. The highest BCUT2D eigenvalue weighted by Crippen LogP contribution is 2.13. The molecule has 0 unspecified atom stereocenters. The van der Waals surface area contributed by atoms with Crippen LogP contribution in [0.1, 0.15) is 11.1 Å². The first-order valence-corrected chi connectivity index (χ1v) is 5.35. The van der Waals surface area contributed by atoms with Gasteiger partial charge in [0, 0.05) is 18.9 Å². The Morgan fingerprint density at radius 3 is 2.76 bits per heavy atom. The number of imidazole rings is 1. The zero-order chi connectivity index (χ0) is 11.7. The molecule has 0 atom stereocenters. The van der Waals surface area contributed by atoms with E-state index in [1.165, 1.54) is 5.56 Å². The van der Waals surface area contributed by atoms with Gasteiger partial charge in [-0.25, -0.2) is 4.52 Å². The van der Waals surface area contributed by atoms with Gasteiger partial charge in [-0.05, 0) is 5.56 Å². The van der Waals surface area contributed by atoms with E-state index in [0.29, 0.717) is 5.56 Å². The van der Waals surface area contributed by atoms with Crippen LogP contribution in [0.2, 0.25) is 0 Å². The molecule has 82 valence electrons. The average Bonchev–Trinajstić information content (AvgIpc) is 2.93. The molecule has 0 aliphatic rings. The van der Waals surface area contributed by atoms with E-state index in [-0.39, 0.29) is 0 Å². The molecule has 2 heterocycles. The molecule has 4 nitrogen and oxygen atoms in total. The van der Waals surface area contributed by atoms with Crippen molar-refractivity contribution >= 4 is 5.65 Å². The van der Waals surface area contributed by atoms with Gasteiger partial charge in [-0.2, -0.15) is 10.4 Å². The van der Waals surface area contributed by atoms with E-state index in [0.717, 1.165) is 12.2 Å². The molecule has 2 aromatic heterocycles. The summed E-state index contributed by atoms with van der Waals surface area (Å²) < 4.78 is 3.75. The van der Waals surface area contributed by atoms with Crippen molar-refractivity contribution in [1.29, 1.82) is 5.26 Å². The second kappa shape index (κ2) is 3.80. The Kier molecular flexibility index (Phi) is 2.16. The van der Waals surface area contributed by atoms with Crippen molar-refractivity contribution in [2.75, 3.05) is 0 Å². The predicted molar refractivity (Wildman–Crippen MR) is 63.4 cm³/mol. The molecule has 0 fully saturated rings. The molecule has 3 aromatic rings. The third-order valence-corrected chi connectivity index (χ3v) is 2.75. The van der Waals surface area contributed by atoms with Crippen molar-refractivity contribution in [1.82, 2.24) is 14.2 Å². The van der Waals surface area contributed by atoms with E-state index in [1.807, 2.05) is 35.2 Å². The summed E-state index contributed by atoms with van der Waals surface area (Å²) in [6, 6.07) is 12.3. The number of hydrogen-bond acceptors (Lipinski definition) is 2. The minimum atomic E-state index is 0.603. The standard InChI is InChI=1S/C13H10N4/c14-8-12-9-15-17-7-6-16(13(12)17)10-11-4-2-1-3-5-11/h1-7,9H,10H2. The van der Waals surface area contributed by atoms with Crippen molar-refractivity contribution in [2.45, 2.75) is 6.54 Å². The molecule has 0 bridgehead atoms. The van der Waals surface area contributed by atoms with Crippen LogP contribution in [0.4, 0.5) is 0 Å². The fraction of sp³-hybridized carbons (Fsp3) is 0.0769. The SMILES string of the molecule is N#Cc1cnn2ccn(Cc3ccccc3)c12. The van der Waals surface area contributed by atoms with Crippen LogP contribution in [-0.4, -0.2) is 14.2 Å². The maximum atomic E-state index is 9.02. The smallest absolute Gasteiger partial charge is 0.154 e. The number of nitriles is 1. The summed E-state index contributed by atoms with van der Waals surface area (Å²) in [4.78, 5) is 0.